The highest BCUT2D eigenvalue weighted by atomic mass is 79.9. The first-order chi connectivity index (χ1) is 8.53. The summed E-state index contributed by atoms with van der Waals surface area (Å²) in [5.41, 5.74) is 0. The fraction of sp³-hybridized carbons (Fsp3) is 0.500. The van der Waals surface area contributed by atoms with Gasteiger partial charge in [-0.3, -0.25) is 0 Å². The average molecular weight is 334 g/mol. The molecular weight excluding hydrogens is 318 g/mol. The summed E-state index contributed by atoms with van der Waals surface area (Å²) in [6, 6.07) is 4.75. The van der Waals surface area contributed by atoms with Gasteiger partial charge >= 0.3 is 0 Å². The maximum atomic E-state index is 12.1. The smallest absolute Gasteiger partial charge is 0.240 e. The lowest BCUT2D eigenvalue weighted by atomic mass is 9.86. The largest absolute Gasteiger partial charge is 0.496 e. The minimum atomic E-state index is -3.41. The number of nitrogens with one attached hydrogen (secondary N) is 1. The van der Waals surface area contributed by atoms with Gasteiger partial charge in [-0.05, 0) is 52.9 Å². The van der Waals surface area contributed by atoms with Crippen LogP contribution in [0.4, 0.5) is 0 Å². The number of methoxy groups -OCH3 is 1. The van der Waals surface area contributed by atoms with E-state index in [-0.39, 0.29) is 4.90 Å². The number of rotatable bonds is 5. The second-order valence-corrected chi connectivity index (χ2v) is 7.07. The third kappa shape index (κ3) is 3.05. The molecule has 6 heteroatoms. The van der Waals surface area contributed by atoms with Crippen LogP contribution in [0, 0.1) is 5.92 Å². The van der Waals surface area contributed by atoms with Crippen LogP contribution in [0.2, 0.25) is 0 Å². The predicted molar refractivity (Wildman–Crippen MR) is 73.2 cm³/mol. The number of benzene rings is 1. The molecule has 1 N–H and O–H groups in total. The van der Waals surface area contributed by atoms with Gasteiger partial charge in [-0.15, -0.1) is 0 Å². The summed E-state index contributed by atoms with van der Waals surface area (Å²) in [5.74, 6) is 1.12. The Labute approximate surface area is 116 Å². The Hall–Kier alpha value is -0.590. The molecule has 0 spiro atoms. The van der Waals surface area contributed by atoms with E-state index in [1.165, 1.54) is 6.42 Å². The summed E-state index contributed by atoms with van der Waals surface area (Å²) in [7, 11) is -1.87. The van der Waals surface area contributed by atoms with E-state index in [4.69, 9.17) is 4.74 Å². The first-order valence-corrected chi connectivity index (χ1v) is 8.14. The maximum absolute atomic E-state index is 12.1. The Bertz CT molecular complexity index is 526. The van der Waals surface area contributed by atoms with Crippen LogP contribution in [0.3, 0.4) is 0 Å². The molecule has 0 radical (unpaired) electrons. The van der Waals surface area contributed by atoms with Gasteiger partial charge in [0.25, 0.3) is 0 Å². The number of halogens is 1. The normalized spacial score (nSPS) is 16.3. The molecule has 1 aliphatic carbocycles. The number of hydrogen-bond donors (Lipinski definition) is 1. The van der Waals surface area contributed by atoms with Crippen molar-refractivity contribution in [3.05, 3.63) is 22.7 Å². The molecule has 100 valence electrons. The monoisotopic (exact) mass is 333 g/mol. The van der Waals surface area contributed by atoms with Gasteiger partial charge in [0.2, 0.25) is 10.0 Å². The fourth-order valence-electron chi connectivity index (χ4n) is 1.82. The number of ether oxygens (including phenoxy) is 1. The van der Waals surface area contributed by atoms with Crippen LogP contribution >= 0.6 is 15.9 Å². The minimum Gasteiger partial charge on any atom is -0.496 e. The lowest BCUT2D eigenvalue weighted by molar-refractivity contribution is 0.316. The summed E-state index contributed by atoms with van der Waals surface area (Å²) in [6.45, 7) is 0.534. The van der Waals surface area contributed by atoms with E-state index in [0.717, 1.165) is 12.8 Å². The van der Waals surface area contributed by atoms with E-state index in [0.29, 0.717) is 22.7 Å². The molecule has 0 unspecified atom stereocenters. The lowest BCUT2D eigenvalue weighted by Crippen LogP contribution is -2.32. The Kier molecular flexibility index (Phi) is 4.29. The second kappa shape index (κ2) is 5.59. The molecule has 0 heterocycles. The number of sulfonamides is 1. The van der Waals surface area contributed by atoms with Crippen molar-refractivity contribution in [3.63, 3.8) is 0 Å². The van der Waals surface area contributed by atoms with Crippen molar-refractivity contribution in [2.45, 2.75) is 24.2 Å². The molecular formula is C12H16BrNO3S. The highest BCUT2D eigenvalue weighted by Crippen LogP contribution is 2.28. The van der Waals surface area contributed by atoms with Gasteiger partial charge in [0.15, 0.2) is 0 Å². The molecule has 0 bridgehead atoms. The molecule has 0 aromatic heterocycles. The van der Waals surface area contributed by atoms with Crippen LogP contribution < -0.4 is 9.46 Å². The van der Waals surface area contributed by atoms with Crippen molar-refractivity contribution >= 4 is 26.0 Å². The number of hydrogen-bond acceptors (Lipinski definition) is 3. The van der Waals surface area contributed by atoms with E-state index in [1.807, 2.05) is 0 Å². The molecule has 1 aliphatic rings. The zero-order valence-corrected chi connectivity index (χ0v) is 12.6. The fourth-order valence-corrected chi connectivity index (χ4v) is 3.66. The molecule has 0 atom stereocenters. The molecule has 0 amide bonds. The van der Waals surface area contributed by atoms with Crippen molar-refractivity contribution in [3.8, 4) is 5.75 Å². The SMILES string of the molecule is COc1ccc(S(=O)(=O)NCC2CCC2)cc1Br. The standard InChI is InChI=1S/C12H16BrNO3S/c1-17-12-6-5-10(7-11(12)13)18(15,16)14-8-9-3-2-4-9/h5-7,9,14H,2-4,8H2,1H3. The van der Waals surface area contributed by atoms with Crippen molar-refractivity contribution in [1.29, 1.82) is 0 Å². The van der Waals surface area contributed by atoms with Gasteiger partial charge in [-0.1, -0.05) is 6.42 Å². The molecule has 18 heavy (non-hydrogen) atoms. The van der Waals surface area contributed by atoms with Gasteiger partial charge in [-0.2, -0.15) is 0 Å². The Morgan fingerprint density at radius 3 is 2.67 bits per heavy atom. The third-order valence-corrected chi connectivity index (χ3v) is 5.26. The van der Waals surface area contributed by atoms with Gasteiger partial charge in [0.05, 0.1) is 16.5 Å². The van der Waals surface area contributed by atoms with Crippen molar-refractivity contribution in [1.82, 2.24) is 4.72 Å². The zero-order chi connectivity index (χ0) is 13.2. The third-order valence-electron chi connectivity index (χ3n) is 3.22. The summed E-state index contributed by atoms with van der Waals surface area (Å²) in [5, 5.41) is 0. The second-order valence-electron chi connectivity index (χ2n) is 4.45. The van der Waals surface area contributed by atoms with E-state index >= 15 is 0 Å². The van der Waals surface area contributed by atoms with Crippen LogP contribution in [0.25, 0.3) is 0 Å². The molecule has 1 aromatic carbocycles. The van der Waals surface area contributed by atoms with E-state index < -0.39 is 10.0 Å². The van der Waals surface area contributed by atoms with E-state index in [1.54, 1.807) is 25.3 Å². The highest BCUT2D eigenvalue weighted by Gasteiger charge is 2.21. The van der Waals surface area contributed by atoms with Gasteiger partial charge in [0, 0.05) is 6.54 Å². The molecule has 1 saturated carbocycles. The van der Waals surface area contributed by atoms with Crippen LogP contribution in [0.15, 0.2) is 27.6 Å². The van der Waals surface area contributed by atoms with Crippen LogP contribution in [-0.4, -0.2) is 22.1 Å². The van der Waals surface area contributed by atoms with Gasteiger partial charge in [0.1, 0.15) is 5.75 Å². The van der Waals surface area contributed by atoms with E-state index in [2.05, 4.69) is 20.7 Å². The van der Waals surface area contributed by atoms with Crippen LogP contribution in [-0.2, 0) is 10.0 Å². The molecule has 0 saturated heterocycles. The first-order valence-electron chi connectivity index (χ1n) is 5.86. The topological polar surface area (TPSA) is 55.4 Å². The summed E-state index contributed by atoms with van der Waals surface area (Å²) < 4.78 is 32.5. The van der Waals surface area contributed by atoms with Gasteiger partial charge in [-0.25, -0.2) is 13.1 Å². The summed E-state index contributed by atoms with van der Waals surface area (Å²) in [4.78, 5) is 0.259. The average Bonchev–Trinajstić information content (AvgIpc) is 2.26. The quantitative estimate of drug-likeness (QED) is 0.900. The van der Waals surface area contributed by atoms with Crippen LogP contribution in [0.5, 0.6) is 5.75 Å². The van der Waals surface area contributed by atoms with Crippen molar-refractivity contribution < 1.29 is 13.2 Å². The molecule has 1 aromatic rings. The Morgan fingerprint density at radius 2 is 2.17 bits per heavy atom. The highest BCUT2D eigenvalue weighted by molar-refractivity contribution is 9.10. The Morgan fingerprint density at radius 1 is 1.44 bits per heavy atom. The zero-order valence-electron chi connectivity index (χ0n) is 10.1. The van der Waals surface area contributed by atoms with Crippen LogP contribution in [0.1, 0.15) is 19.3 Å². The summed E-state index contributed by atoms with van der Waals surface area (Å²) in [6.07, 6.45) is 3.45. The van der Waals surface area contributed by atoms with E-state index in [9.17, 15) is 8.42 Å². The molecule has 2 rings (SSSR count). The minimum absolute atomic E-state index is 0.259. The first kappa shape index (κ1) is 13.8. The molecule has 4 nitrogen and oxygen atoms in total. The Balaban J connectivity index is 2.10. The maximum Gasteiger partial charge on any atom is 0.240 e. The summed E-state index contributed by atoms with van der Waals surface area (Å²) >= 11 is 3.29. The molecule has 1 fully saturated rings. The predicted octanol–water partition coefficient (Wildman–Crippen LogP) is 2.54. The van der Waals surface area contributed by atoms with Crippen molar-refractivity contribution in [2.24, 2.45) is 5.92 Å². The van der Waals surface area contributed by atoms with Crippen molar-refractivity contribution in [2.75, 3.05) is 13.7 Å². The van der Waals surface area contributed by atoms with Gasteiger partial charge < -0.3 is 4.74 Å². The molecule has 0 aliphatic heterocycles. The lowest BCUT2D eigenvalue weighted by Gasteiger charge is -2.25.